The van der Waals surface area contributed by atoms with Crippen LogP contribution in [0.4, 0.5) is 0 Å². The highest BCUT2D eigenvalue weighted by atomic mass is 32.2. The van der Waals surface area contributed by atoms with E-state index in [0.29, 0.717) is 11.7 Å². The molecule has 0 bridgehead atoms. The maximum Gasteiger partial charge on any atom is 0.240 e. The van der Waals surface area contributed by atoms with E-state index in [1.807, 2.05) is 13.0 Å². The van der Waals surface area contributed by atoms with Gasteiger partial charge < -0.3 is 4.90 Å². The molecule has 174 valence electrons. The summed E-state index contributed by atoms with van der Waals surface area (Å²) in [5.41, 5.74) is 2.96. The van der Waals surface area contributed by atoms with E-state index in [4.69, 9.17) is 5.10 Å². The number of nitrogens with one attached hydrogen (secondary N) is 1. The van der Waals surface area contributed by atoms with Gasteiger partial charge in [-0.05, 0) is 62.1 Å². The third kappa shape index (κ3) is 5.04. The largest absolute Gasteiger partial charge is 0.375 e. The quantitative estimate of drug-likeness (QED) is 0.682. The van der Waals surface area contributed by atoms with Gasteiger partial charge in [0.2, 0.25) is 15.8 Å². The molecule has 2 heterocycles. The fraction of sp³-hybridized carbons (Fsp3) is 0.609. The highest BCUT2D eigenvalue weighted by molar-refractivity contribution is 7.89. The van der Waals surface area contributed by atoms with E-state index >= 15 is 0 Å². The Bertz CT molecular complexity index is 1050. The molecule has 1 saturated carbocycles. The summed E-state index contributed by atoms with van der Waals surface area (Å²) in [7, 11) is -2.13. The third-order valence-corrected chi connectivity index (χ3v) is 8.31. The molecule has 9 heteroatoms. The normalized spacial score (nSPS) is 18.8. The Morgan fingerprint density at radius 2 is 1.88 bits per heavy atom. The topological polar surface area (TPSA) is 93.0 Å². The average Bonchev–Trinajstić information content (AvgIpc) is 3.30. The fourth-order valence-electron chi connectivity index (χ4n) is 4.90. The Kier molecular flexibility index (Phi) is 6.95. The van der Waals surface area contributed by atoms with Crippen LogP contribution in [-0.4, -0.2) is 53.7 Å². The van der Waals surface area contributed by atoms with Crippen molar-refractivity contribution in [3.05, 3.63) is 36.0 Å². The van der Waals surface area contributed by atoms with E-state index in [-0.39, 0.29) is 10.9 Å². The number of likely N-dealkylation sites (tertiary alicyclic amines) is 1. The van der Waals surface area contributed by atoms with Crippen LogP contribution in [0.1, 0.15) is 63.5 Å². The van der Waals surface area contributed by atoms with E-state index in [9.17, 15) is 8.42 Å². The molecule has 1 aliphatic carbocycles. The van der Waals surface area contributed by atoms with Gasteiger partial charge in [0, 0.05) is 24.4 Å². The van der Waals surface area contributed by atoms with Gasteiger partial charge >= 0.3 is 0 Å². The summed E-state index contributed by atoms with van der Waals surface area (Å²) in [4.78, 5) is 4.23. The molecular weight excluding hydrogens is 424 g/mol. The molecule has 1 saturated heterocycles. The zero-order valence-corrected chi connectivity index (χ0v) is 19.9. The van der Waals surface area contributed by atoms with Gasteiger partial charge in [0.15, 0.2) is 0 Å². The monoisotopic (exact) mass is 458 g/mol. The first-order chi connectivity index (χ1) is 15.4. The number of benzene rings is 1. The van der Waals surface area contributed by atoms with E-state index in [2.05, 4.69) is 26.5 Å². The van der Waals surface area contributed by atoms with Crippen LogP contribution in [0.2, 0.25) is 0 Å². The van der Waals surface area contributed by atoms with Gasteiger partial charge in [0.25, 0.3) is 0 Å². The number of tetrazole rings is 1. The Balaban J connectivity index is 1.62. The molecular formula is C23H34N6O2S. The Hall–Kier alpha value is -2.26. The predicted molar refractivity (Wildman–Crippen MR) is 124 cm³/mol. The van der Waals surface area contributed by atoms with Crippen molar-refractivity contribution in [2.24, 2.45) is 5.92 Å². The lowest BCUT2D eigenvalue weighted by atomic mass is 9.84. The van der Waals surface area contributed by atoms with Crippen LogP contribution in [0.5, 0.6) is 0 Å². The van der Waals surface area contributed by atoms with Crippen molar-refractivity contribution in [3.63, 3.8) is 0 Å². The Morgan fingerprint density at radius 1 is 1.16 bits per heavy atom. The van der Waals surface area contributed by atoms with Crippen LogP contribution in [0.3, 0.4) is 0 Å². The first-order valence-electron chi connectivity index (χ1n) is 11.6. The number of sulfonamides is 1. The second-order valence-corrected chi connectivity index (χ2v) is 11.0. The van der Waals surface area contributed by atoms with Crippen LogP contribution in [0.15, 0.2) is 35.4 Å². The third-order valence-electron chi connectivity index (χ3n) is 6.89. The summed E-state index contributed by atoms with van der Waals surface area (Å²) in [6.45, 7) is 7.93. The Morgan fingerprint density at radius 3 is 2.53 bits per heavy atom. The summed E-state index contributed by atoms with van der Waals surface area (Å²) >= 11 is 0. The number of hydrogen-bond acceptors (Lipinski definition) is 6. The molecule has 1 aromatic carbocycles. The second kappa shape index (κ2) is 9.70. The van der Waals surface area contributed by atoms with Gasteiger partial charge in [-0.25, -0.2) is 13.1 Å². The molecule has 0 unspecified atom stereocenters. The molecule has 8 nitrogen and oxygen atoms in total. The molecule has 1 N–H and O–H groups in total. The van der Waals surface area contributed by atoms with Crippen LogP contribution < -0.4 is 4.72 Å². The molecule has 1 aliphatic heterocycles. The number of nitrogens with zero attached hydrogens (tertiary/aromatic N) is 5. The fourth-order valence-corrected chi connectivity index (χ4v) is 5.65. The van der Waals surface area contributed by atoms with Gasteiger partial charge in [-0.1, -0.05) is 44.7 Å². The van der Waals surface area contributed by atoms with Crippen molar-refractivity contribution in [2.45, 2.75) is 69.2 Å². The number of allylic oxidation sites excluding steroid dienone is 1. The van der Waals surface area contributed by atoms with Crippen molar-refractivity contribution in [3.8, 4) is 11.4 Å². The lowest BCUT2D eigenvalue weighted by Gasteiger charge is -2.32. The minimum absolute atomic E-state index is 0.192. The van der Waals surface area contributed by atoms with E-state index < -0.39 is 10.0 Å². The molecule has 2 fully saturated rings. The zero-order valence-electron chi connectivity index (χ0n) is 19.1. The molecule has 0 amide bonds. The van der Waals surface area contributed by atoms with Crippen LogP contribution >= 0.6 is 0 Å². The molecule has 2 aliphatic rings. The van der Waals surface area contributed by atoms with Crippen molar-refractivity contribution in [1.82, 2.24) is 29.8 Å². The van der Waals surface area contributed by atoms with Gasteiger partial charge in [-0.2, -0.15) is 4.80 Å². The molecule has 0 radical (unpaired) electrons. The molecule has 1 aromatic heterocycles. The average molecular weight is 459 g/mol. The number of aromatic nitrogens is 4. The first-order valence-corrected chi connectivity index (χ1v) is 13.1. The van der Waals surface area contributed by atoms with Crippen LogP contribution in [-0.2, 0) is 16.4 Å². The van der Waals surface area contributed by atoms with Crippen molar-refractivity contribution < 1.29 is 8.42 Å². The Labute approximate surface area is 191 Å². The van der Waals surface area contributed by atoms with Gasteiger partial charge in [-0.15, -0.1) is 10.2 Å². The number of hydrogen-bond donors (Lipinski definition) is 1. The summed E-state index contributed by atoms with van der Waals surface area (Å²) in [6.07, 6.45) is 9.07. The van der Waals surface area contributed by atoms with E-state index in [0.717, 1.165) is 49.2 Å². The van der Waals surface area contributed by atoms with E-state index in [1.165, 1.54) is 39.2 Å². The van der Waals surface area contributed by atoms with Gasteiger partial charge in [0.05, 0.1) is 10.9 Å². The summed E-state index contributed by atoms with van der Waals surface area (Å²) in [5, 5.41) is 13.4. The molecule has 0 spiro atoms. The summed E-state index contributed by atoms with van der Waals surface area (Å²) in [6, 6.07) is 5.51. The smallest absolute Gasteiger partial charge is 0.240 e. The number of piperidine rings is 1. The maximum atomic E-state index is 12.4. The summed E-state index contributed by atoms with van der Waals surface area (Å²) in [5.74, 6) is 1.13. The standard InChI is InChI=1S/C23H34N6O2S/c1-17(2)28-13-11-20(12-14-28)29-26-23(25-27-29)22-16-21(32(30,31)24-3)10-9-19(22)15-18-7-5-4-6-8-18/h9-10,16,18,20,24H,1,4-8,11-15H2,2-3H3. The van der Waals surface area contributed by atoms with Crippen molar-refractivity contribution in [1.29, 1.82) is 0 Å². The van der Waals surface area contributed by atoms with E-state index in [1.54, 1.807) is 16.9 Å². The summed E-state index contributed by atoms with van der Waals surface area (Å²) < 4.78 is 27.3. The zero-order chi connectivity index (χ0) is 22.7. The minimum Gasteiger partial charge on any atom is -0.375 e. The SMILES string of the molecule is C=C(C)N1CCC(n2nnc(-c3cc(S(=O)(=O)NC)ccc3CC3CCCCC3)n2)CC1. The van der Waals surface area contributed by atoms with Gasteiger partial charge in [0.1, 0.15) is 0 Å². The van der Waals surface area contributed by atoms with Crippen LogP contribution in [0, 0.1) is 5.92 Å². The minimum atomic E-state index is -3.55. The lowest BCUT2D eigenvalue weighted by Crippen LogP contribution is -2.33. The van der Waals surface area contributed by atoms with Gasteiger partial charge in [-0.3, -0.25) is 0 Å². The van der Waals surface area contributed by atoms with Crippen LogP contribution in [0.25, 0.3) is 11.4 Å². The molecule has 32 heavy (non-hydrogen) atoms. The molecule has 0 atom stereocenters. The molecule has 4 rings (SSSR count). The molecule has 2 aromatic rings. The first kappa shape index (κ1) is 22.9. The van der Waals surface area contributed by atoms with Crippen molar-refractivity contribution >= 4 is 10.0 Å². The lowest BCUT2D eigenvalue weighted by molar-refractivity contribution is 0.206. The van der Waals surface area contributed by atoms with Crippen molar-refractivity contribution in [2.75, 3.05) is 20.1 Å². The maximum absolute atomic E-state index is 12.4. The number of rotatable bonds is 7. The highest BCUT2D eigenvalue weighted by Crippen LogP contribution is 2.32. The predicted octanol–water partition coefficient (Wildman–Crippen LogP) is 3.54. The second-order valence-electron chi connectivity index (χ2n) is 9.12. The highest BCUT2D eigenvalue weighted by Gasteiger charge is 2.25.